The maximum absolute atomic E-state index is 14.1. The van der Waals surface area contributed by atoms with Crippen LogP contribution in [0.25, 0.3) is 44.1 Å². The van der Waals surface area contributed by atoms with E-state index in [0.29, 0.717) is 11.5 Å². The highest BCUT2D eigenvalue weighted by Crippen LogP contribution is 2.40. The van der Waals surface area contributed by atoms with E-state index in [0.717, 1.165) is 21.9 Å². The minimum atomic E-state index is -1.67. The molecule has 6 rings (SSSR count). The second-order valence-corrected chi connectivity index (χ2v) is 16.9. The van der Waals surface area contributed by atoms with Crippen LogP contribution in [-0.4, -0.2) is 8.07 Å². The number of furan rings is 1. The molecule has 1 aliphatic carbocycles. The van der Waals surface area contributed by atoms with Gasteiger partial charge < -0.3 is 4.42 Å². The van der Waals surface area contributed by atoms with Crippen molar-refractivity contribution < 1.29 is 13.4 Å². The quantitative estimate of drug-likeness (QED) is 0.182. The fraction of sp³-hybridized carbons (Fsp3) is 0.344. The summed E-state index contributed by atoms with van der Waals surface area (Å²) >= 11 is 0. The van der Waals surface area contributed by atoms with Crippen molar-refractivity contribution >= 4 is 46.1 Å². The van der Waals surface area contributed by atoms with E-state index >= 15 is 0 Å². The number of halogens is 1. The molecular formula is C32H35FNOSi+. The van der Waals surface area contributed by atoms with Gasteiger partial charge in [-0.05, 0) is 78.7 Å². The third-order valence-electron chi connectivity index (χ3n) is 8.45. The Bertz CT molecular complexity index is 1670. The number of hydrogen-bond donors (Lipinski definition) is 0. The van der Waals surface area contributed by atoms with Gasteiger partial charge in [0.05, 0.1) is 13.6 Å². The van der Waals surface area contributed by atoms with E-state index in [1.54, 1.807) is 0 Å². The van der Waals surface area contributed by atoms with E-state index in [1.165, 1.54) is 76.3 Å². The van der Waals surface area contributed by atoms with Gasteiger partial charge in [0.1, 0.15) is 24.0 Å². The number of hydrogen-bond acceptors (Lipinski definition) is 1. The largest absolute Gasteiger partial charge is 0.455 e. The van der Waals surface area contributed by atoms with E-state index in [2.05, 4.69) is 75.4 Å². The van der Waals surface area contributed by atoms with Crippen molar-refractivity contribution in [2.24, 2.45) is 7.05 Å². The van der Waals surface area contributed by atoms with Crippen LogP contribution in [0.4, 0.5) is 4.39 Å². The van der Waals surface area contributed by atoms with Crippen molar-refractivity contribution in [1.82, 2.24) is 0 Å². The Kier molecular flexibility index (Phi) is 5.38. The Morgan fingerprint density at radius 2 is 1.61 bits per heavy atom. The van der Waals surface area contributed by atoms with Crippen LogP contribution in [0.15, 0.2) is 52.9 Å². The van der Waals surface area contributed by atoms with Gasteiger partial charge in [0, 0.05) is 34.4 Å². The number of pyridine rings is 1. The molecule has 2 aromatic heterocycles. The lowest BCUT2D eigenvalue weighted by atomic mass is 9.94. The Morgan fingerprint density at radius 3 is 2.33 bits per heavy atom. The minimum Gasteiger partial charge on any atom is -0.455 e. The highest BCUT2D eigenvalue weighted by molar-refractivity contribution is 6.90. The Hall–Kier alpha value is -2.98. The Morgan fingerprint density at radius 1 is 0.889 bits per heavy atom. The maximum atomic E-state index is 14.1. The summed E-state index contributed by atoms with van der Waals surface area (Å²) in [5.74, 6) is 0.402. The molecule has 36 heavy (non-hydrogen) atoms. The lowest BCUT2D eigenvalue weighted by Crippen LogP contribution is -2.43. The second kappa shape index (κ2) is 8.27. The minimum absolute atomic E-state index is 0.270. The van der Waals surface area contributed by atoms with E-state index in [4.69, 9.17) is 4.42 Å². The molecular weight excluding hydrogens is 461 g/mol. The number of benzene rings is 3. The van der Waals surface area contributed by atoms with Crippen LogP contribution in [0, 0.1) is 19.7 Å². The number of aryl methyl sites for hydroxylation is 2. The summed E-state index contributed by atoms with van der Waals surface area (Å²) in [5, 5.41) is 4.86. The van der Waals surface area contributed by atoms with Gasteiger partial charge in [-0.25, -0.2) is 4.39 Å². The lowest BCUT2D eigenvalue weighted by Gasteiger charge is -2.21. The highest BCUT2D eigenvalue weighted by Gasteiger charge is 2.30. The van der Waals surface area contributed by atoms with Gasteiger partial charge in [-0.1, -0.05) is 38.5 Å². The number of nitrogens with zero attached hydrogens (tertiary/aromatic N) is 1. The van der Waals surface area contributed by atoms with E-state index < -0.39 is 8.07 Å². The van der Waals surface area contributed by atoms with Crippen LogP contribution in [-0.2, 0) is 7.05 Å². The summed E-state index contributed by atoms with van der Waals surface area (Å²) in [7, 11) is 0.529. The molecule has 0 radical (unpaired) electrons. The van der Waals surface area contributed by atoms with Crippen LogP contribution < -0.4 is 9.75 Å². The molecule has 184 valence electrons. The molecule has 1 fully saturated rings. The third-order valence-corrected chi connectivity index (χ3v) is 10.5. The van der Waals surface area contributed by atoms with Gasteiger partial charge in [0.15, 0.2) is 0 Å². The molecule has 1 saturated carbocycles. The maximum Gasteiger partial charge on any atom is 0.216 e. The molecule has 0 amide bonds. The Balaban J connectivity index is 1.72. The van der Waals surface area contributed by atoms with E-state index in [-0.39, 0.29) is 5.82 Å². The van der Waals surface area contributed by atoms with Crippen molar-refractivity contribution in [1.29, 1.82) is 0 Å². The van der Waals surface area contributed by atoms with E-state index in [9.17, 15) is 4.39 Å². The smallest absolute Gasteiger partial charge is 0.216 e. The normalized spacial score (nSPS) is 15.1. The van der Waals surface area contributed by atoms with Crippen molar-refractivity contribution in [3.05, 3.63) is 71.0 Å². The average molecular weight is 497 g/mol. The fourth-order valence-electron chi connectivity index (χ4n) is 6.29. The van der Waals surface area contributed by atoms with Crippen molar-refractivity contribution in [3.8, 4) is 11.3 Å². The van der Waals surface area contributed by atoms with Gasteiger partial charge in [-0.2, -0.15) is 4.57 Å². The number of fused-ring (bicyclic) bond motifs is 4. The summed E-state index contributed by atoms with van der Waals surface area (Å²) in [5.41, 5.74) is 8.95. The molecule has 0 saturated heterocycles. The predicted octanol–water partition coefficient (Wildman–Crippen LogP) is 8.19. The summed E-state index contributed by atoms with van der Waals surface area (Å²) in [4.78, 5) is 0. The van der Waals surface area contributed by atoms with Gasteiger partial charge in [-0.3, -0.25) is 0 Å². The first kappa shape index (κ1) is 23.4. The van der Waals surface area contributed by atoms with Gasteiger partial charge in [-0.15, -0.1) is 0 Å². The fourth-order valence-corrected chi connectivity index (χ4v) is 7.88. The monoisotopic (exact) mass is 496 g/mol. The molecule has 1 aliphatic rings. The zero-order valence-electron chi connectivity index (χ0n) is 22.3. The van der Waals surface area contributed by atoms with Crippen LogP contribution in [0.5, 0.6) is 0 Å². The molecule has 0 unspecified atom stereocenters. The van der Waals surface area contributed by atoms with Gasteiger partial charge in [0.2, 0.25) is 11.2 Å². The molecule has 3 aromatic carbocycles. The van der Waals surface area contributed by atoms with Crippen LogP contribution in [0.1, 0.15) is 48.3 Å². The Labute approximate surface area is 213 Å². The first-order chi connectivity index (χ1) is 17.1. The molecule has 0 N–H and O–H groups in total. The number of rotatable bonds is 3. The molecule has 0 atom stereocenters. The number of aromatic nitrogens is 1. The third kappa shape index (κ3) is 3.61. The second-order valence-electron chi connectivity index (χ2n) is 11.8. The SMILES string of the molecule is Cc1cc2c(oc3cc(F)ccc32)c(-c2cc([Si](C)(C)C)c3ccc(C4CCCC4)cc3[n+]2C)c1C. The standard InChI is InChI=1S/C32H35FNOSi/c1-19-15-26-24-14-12-23(33)17-29(24)35-32(26)31(20(19)2)28-18-30(36(4,5)6)25-13-11-22(16-27(25)34(28)3)21-9-7-8-10-21/h11-18,21H,7-10H2,1-6H3/q+1. The van der Waals surface area contributed by atoms with Gasteiger partial charge >= 0.3 is 0 Å². The molecule has 0 bridgehead atoms. The van der Waals surface area contributed by atoms with Crippen molar-refractivity contribution in [2.45, 2.75) is 65.1 Å². The van der Waals surface area contributed by atoms with Crippen LogP contribution >= 0.6 is 0 Å². The van der Waals surface area contributed by atoms with E-state index in [1.807, 2.05) is 6.07 Å². The molecule has 0 spiro atoms. The molecule has 4 heteroatoms. The first-order valence-corrected chi connectivity index (χ1v) is 16.7. The lowest BCUT2D eigenvalue weighted by molar-refractivity contribution is -0.633. The molecule has 2 nitrogen and oxygen atoms in total. The topological polar surface area (TPSA) is 17.0 Å². The van der Waals surface area contributed by atoms with Crippen molar-refractivity contribution in [3.63, 3.8) is 0 Å². The predicted molar refractivity (Wildman–Crippen MR) is 151 cm³/mol. The zero-order valence-corrected chi connectivity index (χ0v) is 23.3. The summed E-state index contributed by atoms with van der Waals surface area (Å²) in [6.45, 7) is 11.6. The average Bonchev–Trinajstić information content (AvgIpc) is 3.48. The highest BCUT2D eigenvalue weighted by atomic mass is 28.3. The van der Waals surface area contributed by atoms with Crippen LogP contribution in [0.3, 0.4) is 0 Å². The first-order valence-electron chi connectivity index (χ1n) is 13.2. The molecule has 0 aliphatic heterocycles. The van der Waals surface area contributed by atoms with Crippen molar-refractivity contribution in [2.75, 3.05) is 0 Å². The molecule has 2 heterocycles. The zero-order chi connectivity index (χ0) is 25.4. The van der Waals surface area contributed by atoms with Crippen LogP contribution in [0.2, 0.25) is 19.6 Å². The summed E-state index contributed by atoms with van der Waals surface area (Å²) in [6.07, 6.45) is 5.26. The summed E-state index contributed by atoms with van der Waals surface area (Å²) in [6, 6.07) is 16.7. The summed E-state index contributed by atoms with van der Waals surface area (Å²) < 4.78 is 22.9. The van der Waals surface area contributed by atoms with Gasteiger partial charge in [0.25, 0.3) is 0 Å². The molecule has 5 aromatic rings.